The van der Waals surface area contributed by atoms with Crippen LogP contribution in [0.15, 0.2) is 36.5 Å². The molecule has 4 nitrogen and oxygen atoms in total. The molecule has 27 heavy (non-hydrogen) atoms. The Morgan fingerprint density at radius 3 is 2.52 bits per heavy atom. The highest BCUT2D eigenvalue weighted by Crippen LogP contribution is 2.38. The molecule has 2 aliphatic rings. The monoisotopic (exact) mass is 383 g/mol. The maximum atomic E-state index is 12.7. The number of amides is 1. The van der Waals surface area contributed by atoms with Crippen LogP contribution in [0.3, 0.4) is 0 Å². The topological polar surface area (TPSA) is 36.4 Å². The van der Waals surface area contributed by atoms with E-state index < -0.39 is 0 Å². The molecule has 0 spiro atoms. The number of pyridine rings is 1. The summed E-state index contributed by atoms with van der Waals surface area (Å²) in [4.78, 5) is 21.5. The van der Waals surface area contributed by atoms with Crippen molar-refractivity contribution < 1.29 is 4.79 Å². The lowest BCUT2D eigenvalue weighted by Crippen LogP contribution is -2.35. The van der Waals surface area contributed by atoms with Crippen molar-refractivity contribution in [1.29, 1.82) is 0 Å². The Bertz CT molecular complexity index is 815. The molecular formula is C22H26ClN3O. The van der Waals surface area contributed by atoms with Crippen LogP contribution < -0.4 is 4.90 Å². The zero-order valence-corrected chi connectivity index (χ0v) is 16.6. The molecule has 1 aromatic carbocycles. The number of rotatable bonds is 3. The molecule has 2 aromatic rings. The zero-order valence-electron chi connectivity index (χ0n) is 15.8. The Balaban J connectivity index is 1.56. The van der Waals surface area contributed by atoms with Gasteiger partial charge >= 0.3 is 0 Å². The van der Waals surface area contributed by atoms with Crippen molar-refractivity contribution in [2.75, 3.05) is 24.5 Å². The molecule has 142 valence electrons. The number of anilines is 1. The molecule has 2 aliphatic heterocycles. The second kappa shape index (κ2) is 7.89. The number of aryl methyl sites for hydroxylation is 1. The summed E-state index contributed by atoms with van der Waals surface area (Å²) >= 11 is 6.60. The fraction of sp³-hybridized carbons (Fsp3) is 0.455. The van der Waals surface area contributed by atoms with E-state index in [1.807, 2.05) is 4.90 Å². The van der Waals surface area contributed by atoms with E-state index in [1.54, 1.807) is 12.3 Å². The van der Waals surface area contributed by atoms with Crippen LogP contribution in [0.25, 0.3) is 0 Å². The number of halogens is 1. The van der Waals surface area contributed by atoms with Crippen LogP contribution in [-0.4, -0.2) is 35.4 Å². The van der Waals surface area contributed by atoms with Crippen molar-refractivity contribution in [3.8, 4) is 0 Å². The third-order valence-electron chi connectivity index (χ3n) is 5.70. The van der Waals surface area contributed by atoms with Gasteiger partial charge in [0.05, 0.1) is 16.6 Å². The van der Waals surface area contributed by atoms with Gasteiger partial charge in [0.15, 0.2) is 0 Å². The van der Waals surface area contributed by atoms with E-state index in [1.165, 1.54) is 17.5 Å². The third-order valence-corrected chi connectivity index (χ3v) is 5.98. The lowest BCUT2D eigenvalue weighted by Gasteiger charge is -2.28. The summed E-state index contributed by atoms with van der Waals surface area (Å²) in [5.74, 6) is 0.835. The van der Waals surface area contributed by atoms with Crippen LogP contribution in [0.2, 0.25) is 5.02 Å². The number of carbonyl (C=O) groups excluding carboxylic acids is 1. The van der Waals surface area contributed by atoms with Gasteiger partial charge in [-0.15, -0.1) is 0 Å². The fourth-order valence-electron chi connectivity index (χ4n) is 4.19. The molecule has 0 radical (unpaired) electrons. The summed E-state index contributed by atoms with van der Waals surface area (Å²) in [6, 6.07) is 10.8. The van der Waals surface area contributed by atoms with Crippen LogP contribution >= 0.6 is 11.6 Å². The first kappa shape index (κ1) is 18.3. The van der Waals surface area contributed by atoms with Crippen molar-refractivity contribution in [1.82, 2.24) is 9.88 Å². The van der Waals surface area contributed by atoms with Gasteiger partial charge < -0.3 is 9.80 Å². The molecule has 5 heteroatoms. The summed E-state index contributed by atoms with van der Waals surface area (Å²) in [6.07, 6.45) is 7.27. The van der Waals surface area contributed by atoms with E-state index in [-0.39, 0.29) is 5.91 Å². The first-order chi connectivity index (χ1) is 13.1. The predicted molar refractivity (Wildman–Crippen MR) is 110 cm³/mol. The molecular weight excluding hydrogens is 358 g/mol. The normalized spacial score (nSPS) is 20.1. The summed E-state index contributed by atoms with van der Waals surface area (Å²) in [5.41, 5.74) is 3.15. The Morgan fingerprint density at radius 2 is 1.81 bits per heavy atom. The van der Waals surface area contributed by atoms with E-state index in [0.29, 0.717) is 16.6 Å². The van der Waals surface area contributed by atoms with Gasteiger partial charge in [-0.25, -0.2) is 4.98 Å². The van der Waals surface area contributed by atoms with Crippen molar-refractivity contribution in [2.45, 2.75) is 45.1 Å². The van der Waals surface area contributed by atoms with Gasteiger partial charge in [-0.2, -0.15) is 0 Å². The lowest BCUT2D eigenvalue weighted by molar-refractivity contribution is 0.0724. The predicted octanol–water partition coefficient (Wildman–Crippen LogP) is 5.01. The molecule has 2 fully saturated rings. The van der Waals surface area contributed by atoms with E-state index in [0.717, 1.165) is 51.1 Å². The van der Waals surface area contributed by atoms with Crippen molar-refractivity contribution in [3.05, 3.63) is 58.2 Å². The number of piperidine rings is 1. The van der Waals surface area contributed by atoms with Crippen molar-refractivity contribution in [3.63, 3.8) is 0 Å². The number of hydrogen-bond acceptors (Lipinski definition) is 3. The van der Waals surface area contributed by atoms with Crippen LogP contribution in [0, 0.1) is 6.92 Å². The number of aromatic nitrogens is 1. The highest BCUT2D eigenvalue weighted by Gasteiger charge is 2.29. The number of benzene rings is 1. The molecule has 0 saturated carbocycles. The minimum Gasteiger partial charge on any atom is -0.348 e. The van der Waals surface area contributed by atoms with E-state index in [4.69, 9.17) is 11.6 Å². The van der Waals surface area contributed by atoms with Crippen molar-refractivity contribution >= 4 is 23.3 Å². The fourth-order valence-corrected chi connectivity index (χ4v) is 4.47. The average molecular weight is 384 g/mol. The minimum atomic E-state index is 0.0483. The van der Waals surface area contributed by atoms with Crippen LogP contribution in [-0.2, 0) is 0 Å². The third kappa shape index (κ3) is 3.81. The number of carbonyl (C=O) groups is 1. The molecule has 0 aliphatic carbocycles. The first-order valence-electron chi connectivity index (χ1n) is 9.91. The van der Waals surface area contributed by atoms with E-state index >= 15 is 0 Å². The van der Waals surface area contributed by atoms with Gasteiger partial charge in [0, 0.05) is 25.8 Å². The summed E-state index contributed by atoms with van der Waals surface area (Å²) in [7, 11) is 0. The molecule has 3 heterocycles. The van der Waals surface area contributed by atoms with Gasteiger partial charge in [0.25, 0.3) is 5.91 Å². The van der Waals surface area contributed by atoms with E-state index in [2.05, 4.69) is 41.1 Å². The number of likely N-dealkylation sites (tertiary alicyclic amines) is 1. The largest absolute Gasteiger partial charge is 0.348 e. The quantitative estimate of drug-likeness (QED) is 0.747. The standard InChI is InChI=1S/C22H26ClN3O/c1-16-7-9-17(10-8-16)20-6-5-13-26(20)21-19(23)14-18(15-24-21)22(27)25-11-3-2-4-12-25/h7-10,14-15,20H,2-6,11-13H2,1H3. The van der Waals surface area contributed by atoms with E-state index in [9.17, 15) is 4.79 Å². The highest BCUT2D eigenvalue weighted by atomic mass is 35.5. The minimum absolute atomic E-state index is 0.0483. The van der Waals surface area contributed by atoms with Gasteiger partial charge in [-0.05, 0) is 50.7 Å². The van der Waals surface area contributed by atoms with Gasteiger partial charge in [-0.3, -0.25) is 4.79 Å². The Labute approximate surface area is 166 Å². The summed E-state index contributed by atoms with van der Waals surface area (Å²) in [5, 5.41) is 0.567. The molecule has 1 amide bonds. The molecule has 1 atom stereocenters. The Kier molecular flexibility index (Phi) is 5.35. The highest BCUT2D eigenvalue weighted by molar-refractivity contribution is 6.33. The Morgan fingerprint density at radius 1 is 1.07 bits per heavy atom. The molecule has 4 rings (SSSR count). The second-order valence-corrected chi connectivity index (χ2v) is 8.05. The first-order valence-corrected chi connectivity index (χ1v) is 10.3. The van der Waals surface area contributed by atoms with Gasteiger partial charge in [0.2, 0.25) is 0 Å². The average Bonchev–Trinajstić information content (AvgIpc) is 3.18. The van der Waals surface area contributed by atoms with Crippen LogP contribution in [0.4, 0.5) is 5.82 Å². The summed E-state index contributed by atoms with van der Waals surface area (Å²) < 4.78 is 0. The number of hydrogen-bond donors (Lipinski definition) is 0. The molecule has 2 saturated heterocycles. The maximum absolute atomic E-state index is 12.7. The molecule has 1 unspecified atom stereocenters. The summed E-state index contributed by atoms with van der Waals surface area (Å²) in [6.45, 7) is 4.71. The van der Waals surface area contributed by atoms with Crippen LogP contribution in [0.1, 0.15) is 59.6 Å². The van der Waals surface area contributed by atoms with Gasteiger partial charge in [0.1, 0.15) is 5.82 Å². The van der Waals surface area contributed by atoms with Crippen molar-refractivity contribution in [2.24, 2.45) is 0 Å². The lowest BCUT2D eigenvalue weighted by atomic mass is 10.0. The molecule has 1 aromatic heterocycles. The zero-order chi connectivity index (χ0) is 18.8. The Hall–Kier alpha value is -2.07. The SMILES string of the molecule is Cc1ccc(C2CCCN2c2ncc(C(=O)N3CCCCC3)cc2Cl)cc1. The maximum Gasteiger partial charge on any atom is 0.255 e. The number of nitrogens with zero attached hydrogens (tertiary/aromatic N) is 3. The molecule has 0 bridgehead atoms. The van der Waals surface area contributed by atoms with Crippen LogP contribution in [0.5, 0.6) is 0 Å². The second-order valence-electron chi connectivity index (χ2n) is 7.64. The van der Waals surface area contributed by atoms with Gasteiger partial charge in [-0.1, -0.05) is 41.4 Å². The molecule has 0 N–H and O–H groups in total. The smallest absolute Gasteiger partial charge is 0.255 e.